The van der Waals surface area contributed by atoms with E-state index in [1.165, 1.54) is 36.4 Å². The number of aromatic amines is 1. The van der Waals surface area contributed by atoms with Crippen molar-refractivity contribution in [2.24, 2.45) is 17.6 Å². The number of fused-ring (bicyclic) bond motifs is 1. The van der Waals surface area contributed by atoms with Crippen molar-refractivity contribution in [3.8, 4) is 22.6 Å². The molecule has 0 aliphatic carbocycles. The third-order valence-corrected chi connectivity index (χ3v) is 10.1. The number of carboxylic acids is 1. The van der Waals surface area contributed by atoms with Gasteiger partial charge in [-0.3, -0.25) is 14.9 Å². The number of benzene rings is 3. The summed E-state index contributed by atoms with van der Waals surface area (Å²) in [6, 6.07) is 20.8. The molecule has 15 nitrogen and oxygen atoms in total. The molecular weight excluding hydrogens is 726 g/mol. The van der Waals surface area contributed by atoms with Crippen molar-refractivity contribution in [1.29, 1.82) is 0 Å². The second kappa shape index (κ2) is 16.9. The van der Waals surface area contributed by atoms with E-state index in [2.05, 4.69) is 10.3 Å². The van der Waals surface area contributed by atoms with Crippen LogP contribution < -0.4 is 21.2 Å². The topological polar surface area (TPSA) is 258 Å². The Labute approximate surface area is 320 Å². The summed E-state index contributed by atoms with van der Waals surface area (Å²) in [5, 5.41) is 67.9. The lowest BCUT2D eigenvalue weighted by Crippen LogP contribution is -2.75. The molecule has 8 atom stereocenters. The van der Waals surface area contributed by atoms with E-state index >= 15 is 0 Å². The summed E-state index contributed by atoms with van der Waals surface area (Å²) in [7, 11) is 0. The number of aliphatic hydroxyl groups is 4. The van der Waals surface area contributed by atoms with Gasteiger partial charge in [-0.05, 0) is 71.7 Å². The van der Waals surface area contributed by atoms with Gasteiger partial charge >= 0.3 is 5.97 Å². The van der Waals surface area contributed by atoms with Gasteiger partial charge in [0.25, 0.3) is 5.91 Å². The molecule has 15 heteroatoms. The maximum absolute atomic E-state index is 13.6. The monoisotopic (exact) mass is 769 g/mol. The number of aromatic hydroxyl groups is 1. The molecule has 1 aliphatic heterocycles. The highest BCUT2D eigenvalue weighted by atomic mass is 16.7. The Bertz CT molecular complexity index is 2220. The minimum Gasteiger partial charge on any atom is -0.508 e. The van der Waals surface area contributed by atoms with E-state index < -0.39 is 59.5 Å². The molecule has 0 radical (unpaired) electrons. The number of ether oxygens (including phenoxy) is 2. The Balaban J connectivity index is 1.28. The number of phenols is 1. The van der Waals surface area contributed by atoms with Crippen molar-refractivity contribution in [2.75, 3.05) is 6.54 Å². The molecule has 2 aromatic heterocycles. The fourth-order valence-electron chi connectivity index (χ4n) is 6.82. The number of carbonyl (C=O) groups is 2. The summed E-state index contributed by atoms with van der Waals surface area (Å²) in [6.45, 7) is 2.13. The van der Waals surface area contributed by atoms with Crippen LogP contribution in [0.15, 0.2) is 107 Å². The van der Waals surface area contributed by atoms with E-state index in [4.69, 9.17) is 19.6 Å². The average molecular weight is 770 g/mol. The predicted octanol–water partition coefficient (Wildman–Crippen LogP) is 2.74. The molecule has 3 aromatic carbocycles. The summed E-state index contributed by atoms with van der Waals surface area (Å²) in [5.74, 6) is -3.65. The van der Waals surface area contributed by atoms with E-state index in [-0.39, 0.29) is 52.0 Å². The van der Waals surface area contributed by atoms with Gasteiger partial charge in [0.15, 0.2) is 11.7 Å². The van der Waals surface area contributed by atoms with Crippen molar-refractivity contribution in [3.05, 3.63) is 124 Å². The summed E-state index contributed by atoms with van der Waals surface area (Å²) >= 11 is 0. The highest BCUT2D eigenvalue weighted by Gasteiger charge is 2.62. The molecule has 0 saturated carbocycles. The molecule has 6 rings (SSSR count). The van der Waals surface area contributed by atoms with Crippen molar-refractivity contribution in [2.45, 2.75) is 56.2 Å². The minimum atomic E-state index is -2.88. The summed E-state index contributed by atoms with van der Waals surface area (Å²) < 4.78 is 17.1. The Morgan fingerprint density at radius 1 is 1.07 bits per heavy atom. The number of aromatic nitrogens is 1. The summed E-state index contributed by atoms with van der Waals surface area (Å²) in [6.07, 6.45) is -1.87. The second-order valence-electron chi connectivity index (χ2n) is 13.9. The first-order valence-electron chi connectivity index (χ1n) is 17.9. The van der Waals surface area contributed by atoms with Gasteiger partial charge in [0.2, 0.25) is 17.5 Å². The van der Waals surface area contributed by atoms with Crippen LogP contribution >= 0.6 is 0 Å². The molecule has 0 bridgehead atoms. The van der Waals surface area contributed by atoms with Crippen molar-refractivity contribution >= 4 is 28.9 Å². The molecule has 5 aromatic rings. The van der Waals surface area contributed by atoms with Crippen molar-refractivity contribution < 1.29 is 54.1 Å². The van der Waals surface area contributed by atoms with Crippen LogP contribution in [-0.2, 0) is 16.0 Å². The molecule has 1 fully saturated rings. The van der Waals surface area contributed by atoms with E-state index in [0.717, 1.165) is 17.2 Å². The number of hydrogen-bond acceptors (Lipinski definition) is 12. The zero-order valence-electron chi connectivity index (χ0n) is 30.2. The first kappa shape index (κ1) is 39.9. The molecule has 1 amide bonds. The van der Waals surface area contributed by atoms with Crippen LogP contribution in [0.5, 0.6) is 11.5 Å². The van der Waals surface area contributed by atoms with Gasteiger partial charge in [-0.2, -0.15) is 0 Å². The number of allylic oxidation sites excluding steroid dienone is 1. The highest BCUT2D eigenvalue weighted by molar-refractivity contribution is 5.99. The average Bonchev–Trinajstić information content (AvgIpc) is 3.70. The fraction of sp³-hybridized carbons (Fsp3) is 0.293. The van der Waals surface area contributed by atoms with Crippen LogP contribution in [0.3, 0.4) is 0 Å². The molecular formula is C41H43N3O12. The number of phenolic OH excluding ortho intramolecular Hbond substituents is 1. The number of primary amides is 1. The van der Waals surface area contributed by atoms with Crippen LogP contribution in [0.4, 0.5) is 0 Å². The van der Waals surface area contributed by atoms with E-state index in [1.807, 2.05) is 61.7 Å². The Kier molecular flexibility index (Phi) is 12.0. The Hall–Kier alpha value is -5.81. The highest BCUT2D eigenvalue weighted by Crippen LogP contribution is 2.36. The minimum absolute atomic E-state index is 0.0213. The lowest BCUT2D eigenvalue weighted by atomic mass is 9.83. The van der Waals surface area contributed by atoms with Crippen LogP contribution in [0.1, 0.15) is 35.0 Å². The molecule has 1 saturated heterocycles. The zero-order chi connectivity index (χ0) is 40.1. The molecule has 10 N–H and O–H groups in total. The molecule has 294 valence electrons. The first-order chi connectivity index (χ1) is 26.8. The van der Waals surface area contributed by atoms with Crippen LogP contribution in [-0.4, -0.2) is 90.5 Å². The second-order valence-corrected chi connectivity index (χ2v) is 13.9. The van der Waals surface area contributed by atoms with Gasteiger partial charge in [-0.25, -0.2) is 4.79 Å². The number of rotatable bonds is 15. The quantitative estimate of drug-likeness (QED) is 0.0695. The Morgan fingerprint density at radius 2 is 1.80 bits per heavy atom. The summed E-state index contributed by atoms with van der Waals surface area (Å²) in [4.78, 5) is 41.2. The summed E-state index contributed by atoms with van der Waals surface area (Å²) in [5.41, 5.74) is 3.97. The number of H-pyrrole nitrogens is 1. The number of aliphatic carboxylic acids is 1. The lowest BCUT2D eigenvalue weighted by Gasteiger charge is -2.48. The smallest absolute Gasteiger partial charge is 0.335 e. The predicted molar refractivity (Wildman–Crippen MR) is 203 cm³/mol. The number of nitrogens with one attached hydrogen (secondary N) is 2. The van der Waals surface area contributed by atoms with Gasteiger partial charge < -0.3 is 55.2 Å². The van der Waals surface area contributed by atoms with Gasteiger partial charge in [0.05, 0.1) is 10.9 Å². The van der Waals surface area contributed by atoms with E-state index in [9.17, 15) is 45.0 Å². The maximum Gasteiger partial charge on any atom is 0.335 e. The number of nitrogens with two attached hydrogens (primary N) is 1. The van der Waals surface area contributed by atoms with Gasteiger partial charge in [-0.15, -0.1) is 0 Å². The number of amides is 1. The van der Waals surface area contributed by atoms with Crippen molar-refractivity contribution in [1.82, 2.24) is 10.3 Å². The largest absolute Gasteiger partial charge is 0.508 e. The van der Waals surface area contributed by atoms with Crippen molar-refractivity contribution in [3.63, 3.8) is 0 Å². The number of aliphatic hydroxyl groups excluding tert-OH is 3. The maximum atomic E-state index is 13.6. The zero-order valence-corrected chi connectivity index (χ0v) is 30.2. The lowest BCUT2D eigenvalue weighted by molar-refractivity contribution is -0.338. The Morgan fingerprint density at radius 3 is 2.46 bits per heavy atom. The third kappa shape index (κ3) is 8.38. The fourth-order valence-corrected chi connectivity index (χ4v) is 6.82. The number of carboxylic acid groups (broad SMARTS) is 1. The van der Waals surface area contributed by atoms with Crippen LogP contribution in [0, 0.1) is 11.8 Å². The molecule has 0 spiro atoms. The SMILES string of the molecule is C[C@H](C/C=C/c1ccccc1)[C@H](CN[C@H](O)[C@]1(O)[C@H](Oc2ccc3c(=O)c(-c4ccc(O)cc4)c(C(N)=O)oc3c2)O[C@H](C(=O)O)[C@@H](O)[C@@H]1O)Cc1cc[nH]c1. The molecule has 56 heavy (non-hydrogen) atoms. The molecule has 1 aliphatic rings. The van der Waals surface area contributed by atoms with Gasteiger partial charge in [-0.1, -0.05) is 61.5 Å². The van der Waals surface area contributed by atoms with E-state index in [1.54, 1.807) is 6.20 Å². The number of carbonyl (C=O) groups excluding carboxylic acids is 1. The normalized spacial score (nSPS) is 22.8. The van der Waals surface area contributed by atoms with Crippen LogP contribution in [0.25, 0.3) is 28.2 Å². The number of hydrogen-bond donors (Lipinski definition) is 9. The van der Waals surface area contributed by atoms with E-state index in [0.29, 0.717) is 12.8 Å². The van der Waals surface area contributed by atoms with Crippen LogP contribution in [0.2, 0.25) is 0 Å². The standard InChI is InChI=1S/C41H43N3O12/c1-22(6-5-9-23-7-3-2-4-8-23)26(18-24-16-17-43-20-24)21-44-39(52)41(53)36(48)33(47)35(38(50)51)56-40(41)54-28-14-15-29-30(19-28)55-34(37(42)49)31(32(29)46)25-10-12-27(45)13-11-25/h2-5,7-17,19-20,22,26,33,35-36,39-40,43-45,47-48,52-53H,6,18,21H2,1H3,(H2,42,49)(H,50,51)/b9-5+/t22-,26+,33-,35+,36+,39-,40-,41+/m1/s1. The molecule has 3 heterocycles. The first-order valence-corrected chi connectivity index (χ1v) is 17.9. The third-order valence-electron chi connectivity index (χ3n) is 10.1. The van der Waals surface area contributed by atoms with Gasteiger partial charge in [0.1, 0.15) is 35.5 Å². The molecule has 0 unspecified atom stereocenters. The van der Waals surface area contributed by atoms with Gasteiger partial charge in [0, 0.05) is 25.0 Å².